The van der Waals surface area contributed by atoms with Gasteiger partial charge in [-0.3, -0.25) is 14.2 Å². The molecule has 2 aromatic heterocycles. The predicted octanol–water partition coefficient (Wildman–Crippen LogP) is 1.89. The molecule has 0 spiro atoms. The van der Waals surface area contributed by atoms with E-state index in [1.54, 1.807) is 20.1 Å². The largest absolute Gasteiger partial charge is 0.501 e. The van der Waals surface area contributed by atoms with Crippen LogP contribution in [0.2, 0.25) is 0 Å². The molecule has 1 aromatic carbocycles. The highest BCUT2D eigenvalue weighted by Crippen LogP contribution is 2.27. The molecule has 4 rings (SSSR count). The molecule has 8 nitrogen and oxygen atoms in total. The van der Waals surface area contributed by atoms with E-state index in [-0.39, 0.29) is 18.8 Å². The second-order valence-electron chi connectivity index (χ2n) is 6.88. The van der Waals surface area contributed by atoms with Gasteiger partial charge in [0.2, 0.25) is 5.75 Å². The van der Waals surface area contributed by atoms with E-state index in [1.165, 1.54) is 4.57 Å². The topological polar surface area (TPSA) is 107 Å². The number of carbonyl (C=O) groups excluding carboxylic acids is 1. The molecule has 8 heteroatoms. The summed E-state index contributed by atoms with van der Waals surface area (Å²) in [4.78, 5) is 29.3. The molecule has 1 aliphatic rings. The standard InChI is InChI=1S/C19H19N3O5/c1-19(2)18-21-14(15(23)17(25)22(18)7-8-27-19)16(24)20-9-13-12-6-4-3-5-11(12)10-26-13/h3-6,10,23H,7-9H2,1-2H3,(H,20,24). The Morgan fingerprint density at radius 1 is 1.37 bits per heavy atom. The van der Waals surface area contributed by atoms with Crippen LogP contribution in [0, 0.1) is 0 Å². The number of rotatable bonds is 3. The van der Waals surface area contributed by atoms with Gasteiger partial charge in [0.05, 0.1) is 26.0 Å². The Morgan fingerprint density at radius 3 is 2.96 bits per heavy atom. The van der Waals surface area contributed by atoms with Crippen LogP contribution in [0.3, 0.4) is 0 Å². The zero-order valence-electron chi connectivity index (χ0n) is 15.0. The second-order valence-corrected chi connectivity index (χ2v) is 6.88. The number of nitrogens with one attached hydrogen (secondary N) is 1. The lowest BCUT2D eigenvalue weighted by Gasteiger charge is -2.32. The summed E-state index contributed by atoms with van der Waals surface area (Å²) in [6.07, 6.45) is 1.61. The van der Waals surface area contributed by atoms with E-state index in [1.807, 2.05) is 24.3 Å². The Labute approximate surface area is 154 Å². The summed E-state index contributed by atoms with van der Waals surface area (Å²) in [5.41, 5.74) is -1.80. The normalized spacial score (nSPS) is 15.5. The highest BCUT2D eigenvalue weighted by molar-refractivity contribution is 5.95. The maximum absolute atomic E-state index is 12.6. The third kappa shape index (κ3) is 2.87. The minimum absolute atomic E-state index is 0.103. The van der Waals surface area contributed by atoms with Crippen molar-refractivity contribution in [1.82, 2.24) is 14.9 Å². The zero-order valence-corrected chi connectivity index (χ0v) is 15.0. The number of amides is 1. The molecule has 1 amide bonds. The molecule has 1 aliphatic heterocycles. The van der Waals surface area contributed by atoms with Crippen LogP contribution in [-0.2, 0) is 23.4 Å². The maximum Gasteiger partial charge on any atom is 0.296 e. The van der Waals surface area contributed by atoms with Crippen LogP contribution in [-0.4, -0.2) is 27.2 Å². The first kappa shape index (κ1) is 17.3. The van der Waals surface area contributed by atoms with E-state index in [0.29, 0.717) is 18.2 Å². The van der Waals surface area contributed by atoms with Crippen molar-refractivity contribution < 1.29 is 19.1 Å². The molecular formula is C19H19N3O5. The van der Waals surface area contributed by atoms with Crippen molar-refractivity contribution in [1.29, 1.82) is 0 Å². The van der Waals surface area contributed by atoms with E-state index in [0.717, 1.165) is 10.8 Å². The molecule has 0 unspecified atom stereocenters. The Hall–Kier alpha value is -3.13. The summed E-state index contributed by atoms with van der Waals surface area (Å²) in [6.45, 7) is 4.23. The summed E-state index contributed by atoms with van der Waals surface area (Å²) < 4.78 is 12.5. The first-order chi connectivity index (χ1) is 12.9. The molecule has 3 aromatic rings. The number of fused-ring (bicyclic) bond motifs is 2. The molecule has 140 valence electrons. The number of benzene rings is 1. The number of nitrogens with zero attached hydrogens (tertiary/aromatic N) is 2. The van der Waals surface area contributed by atoms with Gasteiger partial charge < -0.3 is 19.6 Å². The Bertz CT molecular complexity index is 1100. The van der Waals surface area contributed by atoms with E-state index in [4.69, 9.17) is 9.15 Å². The maximum atomic E-state index is 12.6. The summed E-state index contributed by atoms with van der Waals surface area (Å²) >= 11 is 0. The highest BCUT2D eigenvalue weighted by atomic mass is 16.5. The quantitative estimate of drug-likeness (QED) is 0.730. The first-order valence-electron chi connectivity index (χ1n) is 8.60. The first-order valence-corrected chi connectivity index (χ1v) is 8.60. The predicted molar refractivity (Wildman–Crippen MR) is 96.5 cm³/mol. The van der Waals surface area contributed by atoms with Gasteiger partial charge in [0.1, 0.15) is 17.2 Å². The van der Waals surface area contributed by atoms with Gasteiger partial charge in [0.15, 0.2) is 5.69 Å². The highest BCUT2D eigenvalue weighted by Gasteiger charge is 2.34. The van der Waals surface area contributed by atoms with E-state index < -0.39 is 22.8 Å². The van der Waals surface area contributed by atoms with Crippen LogP contribution in [0.5, 0.6) is 5.75 Å². The molecule has 0 radical (unpaired) electrons. The van der Waals surface area contributed by atoms with Gasteiger partial charge in [0, 0.05) is 10.8 Å². The van der Waals surface area contributed by atoms with Crippen LogP contribution >= 0.6 is 0 Å². The fourth-order valence-electron chi connectivity index (χ4n) is 3.26. The van der Waals surface area contributed by atoms with Gasteiger partial charge in [-0.25, -0.2) is 4.98 Å². The lowest BCUT2D eigenvalue weighted by Crippen LogP contribution is -2.42. The zero-order chi connectivity index (χ0) is 19.2. The molecule has 0 bridgehead atoms. The molecule has 27 heavy (non-hydrogen) atoms. The van der Waals surface area contributed by atoms with Crippen molar-refractivity contribution in [2.45, 2.75) is 32.5 Å². The monoisotopic (exact) mass is 369 g/mol. The van der Waals surface area contributed by atoms with Crippen molar-refractivity contribution in [2.75, 3.05) is 6.61 Å². The van der Waals surface area contributed by atoms with Gasteiger partial charge in [-0.1, -0.05) is 24.3 Å². The third-order valence-electron chi connectivity index (χ3n) is 4.68. The number of hydrogen-bond acceptors (Lipinski definition) is 6. The minimum atomic E-state index is -0.836. The Morgan fingerprint density at radius 2 is 2.15 bits per heavy atom. The molecule has 0 atom stereocenters. The Kier molecular flexibility index (Phi) is 4.00. The van der Waals surface area contributed by atoms with Crippen molar-refractivity contribution in [3.05, 3.63) is 58.2 Å². The van der Waals surface area contributed by atoms with Crippen LogP contribution < -0.4 is 10.9 Å². The van der Waals surface area contributed by atoms with Gasteiger partial charge >= 0.3 is 0 Å². The number of aromatic nitrogens is 2. The molecule has 0 fully saturated rings. The third-order valence-corrected chi connectivity index (χ3v) is 4.68. The summed E-state index contributed by atoms with van der Waals surface area (Å²) in [5, 5.41) is 14.7. The lowest BCUT2D eigenvalue weighted by atomic mass is 10.1. The van der Waals surface area contributed by atoms with Gasteiger partial charge in [-0.05, 0) is 13.8 Å². The fourth-order valence-corrected chi connectivity index (χ4v) is 3.26. The Balaban J connectivity index is 1.64. The van der Waals surface area contributed by atoms with Gasteiger partial charge in [-0.2, -0.15) is 0 Å². The van der Waals surface area contributed by atoms with Crippen LogP contribution in [0.15, 0.2) is 39.7 Å². The molecule has 0 saturated carbocycles. The van der Waals surface area contributed by atoms with Crippen molar-refractivity contribution in [3.8, 4) is 5.75 Å². The number of ether oxygens (including phenoxy) is 1. The summed E-state index contributed by atoms with van der Waals surface area (Å²) in [6, 6.07) is 7.57. The molecule has 0 saturated heterocycles. The number of aromatic hydroxyl groups is 1. The van der Waals surface area contributed by atoms with E-state index >= 15 is 0 Å². The van der Waals surface area contributed by atoms with Crippen molar-refractivity contribution in [2.24, 2.45) is 0 Å². The average molecular weight is 369 g/mol. The smallest absolute Gasteiger partial charge is 0.296 e. The van der Waals surface area contributed by atoms with Crippen LogP contribution in [0.4, 0.5) is 0 Å². The molecule has 3 heterocycles. The van der Waals surface area contributed by atoms with Gasteiger partial charge in [0.25, 0.3) is 11.5 Å². The van der Waals surface area contributed by atoms with Gasteiger partial charge in [-0.15, -0.1) is 0 Å². The van der Waals surface area contributed by atoms with Crippen LogP contribution in [0.25, 0.3) is 10.8 Å². The summed E-state index contributed by atoms with van der Waals surface area (Å²) in [5.74, 6) is -0.435. The number of hydrogen-bond donors (Lipinski definition) is 2. The average Bonchev–Trinajstić information content (AvgIpc) is 3.06. The molecule has 2 N–H and O–H groups in total. The SMILES string of the molecule is CC1(C)OCCn2c1nc(C(=O)NCc1occ3ccccc13)c(O)c2=O. The molecular weight excluding hydrogens is 350 g/mol. The molecule has 0 aliphatic carbocycles. The fraction of sp³-hybridized carbons (Fsp3) is 0.316. The van der Waals surface area contributed by atoms with E-state index in [9.17, 15) is 14.7 Å². The van der Waals surface area contributed by atoms with Crippen molar-refractivity contribution >= 4 is 16.7 Å². The number of carbonyl (C=O) groups is 1. The van der Waals surface area contributed by atoms with Crippen LogP contribution in [0.1, 0.15) is 35.9 Å². The second kappa shape index (κ2) is 6.24. The number of furan rings is 1. The minimum Gasteiger partial charge on any atom is -0.501 e. The lowest BCUT2D eigenvalue weighted by molar-refractivity contribution is -0.0566. The summed E-state index contributed by atoms with van der Waals surface area (Å²) in [7, 11) is 0. The van der Waals surface area contributed by atoms with E-state index in [2.05, 4.69) is 10.3 Å². The van der Waals surface area contributed by atoms with Crippen molar-refractivity contribution in [3.63, 3.8) is 0 Å².